The van der Waals surface area contributed by atoms with Gasteiger partial charge in [0.1, 0.15) is 11.2 Å². The van der Waals surface area contributed by atoms with Gasteiger partial charge in [-0.25, -0.2) is 4.98 Å². The lowest BCUT2D eigenvalue weighted by Gasteiger charge is -2.42. The minimum atomic E-state index is -0.635. The largest absolute Gasteiger partial charge is 0.322 e. The van der Waals surface area contributed by atoms with Crippen LogP contribution in [0.25, 0.3) is 0 Å². The van der Waals surface area contributed by atoms with Gasteiger partial charge in [-0.3, -0.25) is 9.78 Å². The maximum Gasteiger partial charge on any atom is 0.275 e. The zero-order valence-electron chi connectivity index (χ0n) is 9.97. The zero-order chi connectivity index (χ0) is 12.5. The number of aryl methyl sites for hydroxylation is 1. The molecule has 0 aromatic carbocycles. The SMILES string of the molecule is Cc1cnc(C(=O)N(C)C2(C#N)CCC2)cn1. The molecule has 0 bridgehead atoms. The molecular weight excluding hydrogens is 216 g/mol. The van der Waals surface area contributed by atoms with E-state index in [2.05, 4.69) is 16.0 Å². The second-order valence-corrected chi connectivity index (χ2v) is 4.40. The van der Waals surface area contributed by atoms with Gasteiger partial charge in [-0.15, -0.1) is 0 Å². The molecule has 1 heterocycles. The Labute approximate surface area is 100 Å². The number of carbonyl (C=O) groups excluding carboxylic acids is 1. The highest BCUT2D eigenvalue weighted by atomic mass is 16.2. The van der Waals surface area contributed by atoms with E-state index in [9.17, 15) is 4.79 Å². The Morgan fingerprint density at radius 3 is 2.59 bits per heavy atom. The lowest BCUT2D eigenvalue weighted by atomic mass is 9.76. The van der Waals surface area contributed by atoms with Crippen LogP contribution in [0.1, 0.15) is 35.4 Å². The van der Waals surface area contributed by atoms with Gasteiger partial charge < -0.3 is 4.90 Å². The number of hydrogen-bond donors (Lipinski definition) is 0. The van der Waals surface area contributed by atoms with Crippen LogP contribution < -0.4 is 0 Å². The average molecular weight is 230 g/mol. The maximum atomic E-state index is 12.1. The monoisotopic (exact) mass is 230 g/mol. The van der Waals surface area contributed by atoms with E-state index in [0.29, 0.717) is 5.69 Å². The molecule has 1 amide bonds. The smallest absolute Gasteiger partial charge is 0.275 e. The van der Waals surface area contributed by atoms with E-state index in [1.165, 1.54) is 11.1 Å². The van der Waals surface area contributed by atoms with Crippen molar-refractivity contribution in [2.75, 3.05) is 7.05 Å². The van der Waals surface area contributed by atoms with Crippen LogP contribution in [0.15, 0.2) is 12.4 Å². The number of hydrogen-bond acceptors (Lipinski definition) is 4. The average Bonchev–Trinajstić information content (AvgIpc) is 2.28. The maximum absolute atomic E-state index is 12.1. The van der Waals surface area contributed by atoms with Gasteiger partial charge in [0, 0.05) is 13.2 Å². The van der Waals surface area contributed by atoms with E-state index in [0.717, 1.165) is 25.0 Å². The van der Waals surface area contributed by atoms with Crippen molar-refractivity contribution in [1.29, 1.82) is 5.26 Å². The summed E-state index contributed by atoms with van der Waals surface area (Å²) in [7, 11) is 1.66. The van der Waals surface area contributed by atoms with Gasteiger partial charge in [-0.1, -0.05) is 0 Å². The van der Waals surface area contributed by atoms with Crippen molar-refractivity contribution < 1.29 is 4.79 Å². The summed E-state index contributed by atoms with van der Waals surface area (Å²) in [6.07, 6.45) is 5.49. The molecular formula is C12H14N4O. The molecule has 0 unspecified atom stereocenters. The van der Waals surface area contributed by atoms with Crippen molar-refractivity contribution in [3.63, 3.8) is 0 Å². The quantitative estimate of drug-likeness (QED) is 0.767. The first-order valence-electron chi connectivity index (χ1n) is 5.57. The minimum Gasteiger partial charge on any atom is -0.322 e. The normalized spacial score (nSPS) is 16.8. The molecule has 0 atom stereocenters. The van der Waals surface area contributed by atoms with Crippen LogP contribution in [-0.4, -0.2) is 33.4 Å². The Morgan fingerprint density at radius 1 is 1.47 bits per heavy atom. The van der Waals surface area contributed by atoms with Crippen molar-refractivity contribution in [2.45, 2.75) is 31.7 Å². The predicted octanol–water partition coefficient (Wildman–Crippen LogP) is 1.30. The van der Waals surface area contributed by atoms with Gasteiger partial charge in [0.05, 0.1) is 18.0 Å². The summed E-state index contributed by atoms with van der Waals surface area (Å²) >= 11 is 0. The van der Waals surface area contributed by atoms with E-state index in [1.807, 2.05) is 6.92 Å². The van der Waals surface area contributed by atoms with E-state index >= 15 is 0 Å². The fourth-order valence-electron chi connectivity index (χ4n) is 1.90. The molecule has 0 spiro atoms. The third kappa shape index (κ3) is 1.86. The molecule has 1 saturated carbocycles. The molecule has 1 aromatic heterocycles. The topological polar surface area (TPSA) is 69.9 Å². The fourth-order valence-corrected chi connectivity index (χ4v) is 1.90. The van der Waals surface area contributed by atoms with Crippen LogP contribution in [0.4, 0.5) is 0 Å². The minimum absolute atomic E-state index is 0.237. The summed E-state index contributed by atoms with van der Waals surface area (Å²) < 4.78 is 0. The van der Waals surface area contributed by atoms with Crippen molar-refractivity contribution in [2.24, 2.45) is 0 Å². The number of rotatable bonds is 2. The second-order valence-electron chi connectivity index (χ2n) is 4.40. The Hall–Kier alpha value is -1.96. The number of nitriles is 1. The summed E-state index contributed by atoms with van der Waals surface area (Å²) in [6, 6.07) is 2.23. The second kappa shape index (κ2) is 4.13. The molecule has 17 heavy (non-hydrogen) atoms. The molecule has 5 nitrogen and oxygen atoms in total. The van der Waals surface area contributed by atoms with Gasteiger partial charge in [0.2, 0.25) is 0 Å². The Bertz CT molecular complexity index is 470. The number of nitrogens with zero attached hydrogens (tertiary/aromatic N) is 4. The van der Waals surface area contributed by atoms with Crippen molar-refractivity contribution >= 4 is 5.91 Å². The third-order valence-electron chi connectivity index (χ3n) is 3.34. The molecule has 0 saturated heterocycles. The number of carbonyl (C=O) groups is 1. The van der Waals surface area contributed by atoms with Crippen LogP contribution in [0.2, 0.25) is 0 Å². The van der Waals surface area contributed by atoms with Crippen LogP contribution >= 0.6 is 0 Å². The molecule has 88 valence electrons. The first kappa shape index (κ1) is 11.5. The first-order valence-corrected chi connectivity index (χ1v) is 5.57. The molecule has 5 heteroatoms. The standard InChI is InChI=1S/C12H14N4O/c1-9-6-15-10(7-14-9)11(17)16(2)12(8-13)4-3-5-12/h6-7H,3-5H2,1-2H3. The van der Waals surface area contributed by atoms with Crippen molar-refractivity contribution in [3.05, 3.63) is 23.8 Å². The van der Waals surface area contributed by atoms with E-state index in [4.69, 9.17) is 5.26 Å². The molecule has 1 aliphatic rings. The highest BCUT2D eigenvalue weighted by Gasteiger charge is 2.43. The van der Waals surface area contributed by atoms with Crippen molar-refractivity contribution in [1.82, 2.24) is 14.9 Å². The number of amides is 1. The van der Waals surface area contributed by atoms with E-state index < -0.39 is 5.54 Å². The molecule has 1 aliphatic carbocycles. The Kier molecular flexibility index (Phi) is 2.80. The van der Waals surface area contributed by atoms with Crippen LogP contribution in [-0.2, 0) is 0 Å². The van der Waals surface area contributed by atoms with Gasteiger partial charge in [-0.05, 0) is 26.2 Å². The summed E-state index contributed by atoms with van der Waals surface area (Å²) in [5, 5.41) is 9.17. The van der Waals surface area contributed by atoms with Crippen LogP contribution in [0.5, 0.6) is 0 Å². The van der Waals surface area contributed by atoms with Gasteiger partial charge in [-0.2, -0.15) is 5.26 Å². The molecule has 1 fully saturated rings. The summed E-state index contributed by atoms with van der Waals surface area (Å²) in [5.41, 5.74) is 0.423. The fraction of sp³-hybridized carbons (Fsp3) is 0.500. The van der Waals surface area contributed by atoms with E-state index in [-0.39, 0.29) is 5.91 Å². The van der Waals surface area contributed by atoms with Crippen molar-refractivity contribution in [3.8, 4) is 6.07 Å². The van der Waals surface area contributed by atoms with Crippen LogP contribution in [0.3, 0.4) is 0 Å². The van der Waals surface area contributed by atoms with E-state index in [1.54, 1.807) is 13.2 Å². The molecule has 0 N–H and O–H groups in total. The zero-order valence-corrected chi connectivity index (χ0v) is 9.97. The molecule has 0 aliphatic heterocycles. The Morgan fingerprint density at radius 2 is 2.18 bits per heavy atom. The number of aromatic nitrogens is 2. The van der Waals surface area contributed by atoms with Crippen LogP contribution in [0, 0.1) is 18.3 Å². The summed E-state index contributed by atoms with van der Waals surface area (Å²) in [5.74, 6) is -0.237. The summed E-state index contributed by atoms with van der Waals surface area (Å²) in [6.45, 7) is 1.81. The van der Waals surface area contributed by atoms with Gasteiger partial charge in [0.15, 0.2) is 0 Å². The lowest BCUT2D eigenvalue weighted by Crippen LogP contribution is -2.53. The molecule has 2 rings (SSSR count). The third-order valence-corrected chi connectivity index (χ3v) is 3.34. The first-order chi connectivity index (χ1) is 8.09. The molecule has 0 radical (unpaired) electrons. The summed E-state index contributed by atoms with van der Waals surface area (Å²) in [4.78, 5) is 21.7. The lowest BCUT2D eigenvalue weighted by molar-refractivity contribution is 0.0491. The molecule has 1 aromatic rings. The van der Waals surface area contributed by atoms with Gasteiger partial charge in [0.25, 0.3) is 5.91 Å². The highest BCUT2D eigenvalue weighted by molar-refractivity contribution is 5.92. The van der Waals surface area contributed by atoms with Gasteiger partial charge >= 0.3 is 0 Å². The Balaban J connectivity index is 2.20. The highest BCUT2D eigenvalue weighted by Crippen LogP contribution is 2.36. The predicted molar refractivity (Wildman–Crippen MR) is 61.1 cm³/mol.